The summed E-state index contributed by atoms with van der Waals surface area (Å²) in [6, 6.07) is 11.0. The monoisotopic (exact) mass is 419 g/mol. The van der Waals surface area contributed by atoms with Crippen molar-refractivity contribution in [3.8, 4) is 0 Å². The number of carbonyl (C=O) groups excluding carboxylic acids is 2. The highest BCUT2D eigenvalue weighted by atomic mass is 35.5. The van der Waals surface area contributed by atoms with E-state index >= 15 is 0 Å². The van der Waals surface area contributed by atoms with Crippen molar-refractivity contribution >= 4 is 24.2 Å². The number of rotatable bonds is 5. The number of nitrogens with zero attached hydrogens (tertiary/aromatic N) is 1. The number of likely N-dealkylation sites (tertiary alicyclic amines) is 1. The molecule has 3 fully saturated rings. The van der Waals surface area contributed by atoms with E-state index in [9.17, 15) is 9.59 Å². The topological polar surface area (TPSA) is 61.4 Å². The van der Waals surface area contributed by atoms with Crippen LogP contribution < -0.4 is 10.6 Å². The molecule has 3 atom stereocenters. The zero-order valence-electron chi connectivity index (χ0n) is 17.1. The molecule has 160 valence electrons. The Bertz CT molecular complexity index is 662. The van der Waals surface area contributed by atoms with Crippen molar-refractivity contribution in [1.29, 1.82) is 0 Å². The van der Waals surface area contributed by atoms with Crippen LogP contribution in [0.4, 0.5) is 0 Å². The quantitative estimate of drug-likeness (QED) is 0.771. The first-order valence-electron chi connectivity index (χ1n) is 11.0. The minimum atomic E-state index is -0.113. The second-order valence-corrected chi connectivity index (χ2v) is 8.84. The van der Waals surface area contributed by atoms with Gasteiger partial charge in [0.1, 0.15) is 0 Å². The summed E-state index contributed by atoms with van der Waals surface area (Å²) in [5, 5.41) is 6.38. The van der Waals surface area contributed by atoms with E-state index in [2.05, 4.69) is 34.9 Å². The van der Waals surface area contributed by atoms with Crippen molar-refractivity contribution in [2.24, 2.45) is 11.8 Å². The summed E-state index contributed by atoms with van der Waals surface area (Å²) in [6.07, 6.45) is 9.08. The molecule has 2 aliphatic heterocycles. The van der Waals surface area contributed by atoms with Crippen molar-refractivity contribution in [2.45, 2.75) is 63.5 Å². The molecular weight excluding hydrogens is 386 g/mol. The van der Waals surface area contributed by atoms with E-state index < -0.39 is 0 Å². The summed E-state index contributed by atoms with van der Waals surface area (Å²) >= 11 is 0. The van der Waals surface area contributed by atoms with E-state index in [0.29, 0.717) is 17.9 Å². The third-order valence-electron chi connectivity index (χ3n) is 6.93. The van der Waals surface area contributed by atoms with Gasteiger partial charge in [0.05, 0.1) is 12.6 Å². The Hall–Kier alpha value is -1.59. The molecule has 6 heteroatoms. The first-order chi connectivity index (χ1) is 13.7. The van der Waals surface area contributed by atoms with Gasteiger partial charge in [-0.15, -0.1) is 12.4 Å². The number of piperidine rings is 1. The second-order valence-electron chi connectivity index (χ2n) is 8.84. The van der Waals surface area contributed by atoms with Crippen molar-refractivity contribution in [3.05, 3.63) is 35.9 Å². The van der Waals surface area contributed by atoms with Crippen LogP contribution in [0.2, 0.25) is 0 Å². The Morgan fingerprint density at radius 1 is 1.03 bits per heavy atom. The molecule has 1 saturated carbocycles. The molecule has 2 N–H and O–H groups in total. The number of carbonyl (C=O) groups is 2. The molecule has 3 aliphatic rings. The van der Waals surface area contributed by atoms with Crippen LogP contribution in [0.3, 0.4) is 0 Å². The van der Waals surface area contributed by atoms with Crippen LogP contribution >= 0.6 is 12.4 Å². The number of amides is 2. The van der Waals surface area contributed by atoms with Crippen LogP contribution in [0.25, 0.3) is 0 Å². The summed E-state index contributed by atoms with van der Waals surface area (Å²) in [6.45, 7) is 1.74. The zero-order chi connectivity index (χ0) is 19.3. The van der Waals surface area contributed by atoms with E-state index in [1.54, 1.807) is 0 Å². The predicted molar refractivity (Wildman–Crippen MR) is 117 cm³/mol. The van der Waals surface area contributed by atoms with Crippen molar-refractivity contribution in [1.82, 2.24) is 15.5 Å². The van der Waals surface area contributed by atoms with Crippen molar-refractivity contribution in [3.63, 3.8) is 0 Å². The summed E-state index contributed by atoms with van der Waals surface area (Å²) < 4.78 is 0. The van der Waals surface area contributed by atoms with Gasteiger partial charge in [-0.25, -0.2) is 0 Å². The second kappa shape index (κ2) is 10.4. The van der Waals surface area contributed by atoms with E-state index in [0.717, 1.165) is 38.8 Å². The standard InChI is InChI=1S/C23H33N3O2.ClH/c27-22(16-24-23(28)21-15-19-8-4-5-9-20(19)25-21)26-12-10-18(11-13-26)14-17-6-2-1-3-7-17;/h1-3,6-7,18-21,25H,4-5,8-16H2,(H,24,28);1H. The lowest BCUT2D eigenvalue weighted by atomic mass is 9.85. The van der Waals surface area contributed by atoms with E-state index in [1.165, 1.54) is 31.2 Å². The fourth-order valence-corrected chi connectivity index (χ4v) is 5.25. The number of benzene rings is 1. The Labute approximate surface area is 180 Å². The van der Waals surface area contributed by atoms with Gasteiger partial charge in [-0.1, -0.05) is 43.2 Å². The van der Waals surface area contributed by atoms with Gasteiger partial charge in [-0.3, -0.25) is 9.59 Å². The maximum absolute atomic E-state index is 12.5. The summed E-state index contributed by atoms with van der Waals surface area (Å²) in [5.41, 5.74) is 1.38. The largest absolute Gasteiger partial charge is 0.346 e. The maximum Gasteiger partial charge on any atom is 0.241 e. The summed E-state index contributed by atoms with van der Waals surface area (Å²) in [4.78, 5) is 26.9. The van der Waals surface area contributed by atoms with Gasteiger partial charge < -0.3 is 15.5 Å². The first kappa shape index (κ1) is 22.1. The highest BCUT2D eigenvalue weighted by Gasteiger charge is 2.38. The molecule has 1 aromatic rings. The number of hydrogen-bond donors (Lipinski definition) is 2. The van der Waals surface area contributed by atoms with Gasteiger partial charge in [0.2, 0.25) is 11.8 Å². The molecule has 29 heavy (non-hydrogen) atoms. The van der Waals surface area contributed by atoms with Crippen LogP contribution in [-0.4, -0.2) is 48.4 Å². The molecule has 3 unspecified atom stereocenters. The molecule has 1 aliphatic carbocycles. The molecule has 2 saturated heterocycles. The normalized spacial score (nSPS) is 27.0. The van der Waals surface area contributed by atoms with Crippen LogP contribution in [0.15, 0.2) is 30.3 Å². The van der Waals surface area contributed by atoms with Crippen molar-refractivity contribution in [2.75, 3.05) is 19.6 Å². The number of nitrogens with one attached hydrogen (secondary N) is 2. The predicted octanol–water partition coefficient (Wildman–Crippen LogP) is 2.93. The van der Waals surface area contributed by atoms with Crippen LogP contribution in [-0.2, 0) is 16.0 Å². The Balaban J connectivity index is 0.00000240. The lowest BCUT2D eigenvalue weighted by Crippen LogP contribution is -2.48. The lowest BCUT2D eigenvalue weighted by Gasteiger charge is -2.32. The van der Waals surface area contributed by atoms with Crippen LogP contribution in [0.5, 0.6) is 0 Å². The summed E-state index contributed by atoms with van der Waals surface area (Å²) in [5.74, 6) is 1.35. The zero-order valence-corrected chi connectivity index (χ0v) is 18.0. The van der Waals surface area contributed by atoms with Gasteiger partial charge in [-0.2, -0.15) is 0 Å². The molecule has 0 aromatic heterocycles. The summed E-state index contributed by atoms with van der Waals surface area (Å²) in [7, 11) is 0. The van der Waals surface area contributed by atoms with Gasteiger partial charge in [0, 0.05) is 19.1 Å². The molecular formula is C23H34ClN3O2. The molecule has 1 aromatic carbocycles. The fraction of sp³-hybridized carbons (Fsp3) is 0.652. The number of hydrogen-bond acceptors (Lipinski definition) is 3. The smallest absolute Gasteiger partial charge is 0.241 e. The third-order valence-corrected chi connectivity index (χ3v) is 6.93. The van der Waals surface area contributed by atoms with Gasteiger partial charge in [0.25, 0.3) is 0 Å². The Morgan fingerprint density at radius 3 is 2.48 bits per heavy atom. The van der Waals surface area contributed by atoms with E-state index in [-0.39, 0.29) is 36.8 Å². The third kappa shape index (κ3) is 5.73. The van der Waals surface area contributed by atoms with Gasteiger partial charge in [0.15, 0.2) is 0 Å². The SMILES string of the molecule is Cl.O=C(NCC(=O)N1CCC(Cc2ccccc2)CC1)C1CC2CCCCC2N1. The molecule has 0 radical (unpaired) electrons. The maximum atomic E-state index is 12.5. The molecule has 4 rings (SSSR count). The van der Waals surface area contributed by atoms with Crippen molar-refractivity contribution < 1.29 is 9.59 Å². The fourth-order valence-electron chi connectivity index (χ4n) is 5.25. The van der Waals surface area contributed by atoms with Gasteiger partial charge in [-0.05, 0) is 55.9 Å². The first-order valence-corrected chi connectivity index (χ1v) is 11.0. The van der Waals surface area contributed by atoms with Crippen LogP contribution in [0.1, 0.15) is 50.5 Å². The molecule has 0 bridgehead atoms. The Morgan fingerprint density at radius 2 is 1.76 bits per heavy atom. The number of fused-ring (bicyclic) bond motifs is 1. The molecule has 2 heterocycles. The highest BCUT2D eigenvalue weighted by molar-refractivity contribution is 5.87. The minimum Gasteiger partial charge on any atom is -0.346 e. The molecule has 2 amide bonds. The average molecular weight is 420 g/mol. The van der Waals surface area contributed by atoms with Crippen LogP contribution in [0, 0.1) is 11.8 Å². The average Bonchev–Trinajstić information content (AvgIpc) is 3.17. The Kier molecular flexibility index (Phi) is 7.96. The highest BCUT2D eigenvalue weighted by Crippen LogP contribution is 2.33. The molecule has 5 nitrogen and oxygen atoms in total. The minimum absolute atomic E-state index is 0. The van der Waals surface area contributed by atoms with E-state index in [4.69, 9.17) is 0 Å². The van der Waals surface area contributed by atoms with E-state index in [1.807, 2.05) is 11.0 Å². The lowest BCUT2D eigenvalue weighted by molar-refractivity contribution is -0.134. The molecule has 0 spiro atoms. The number of halogens is 1. The van der Waals surface area contributed by atoms with Gasteiger partial charge >= 0.3 is 0 Å².